The molecule has 1 amide bonds. The predicted molar refractivity (Wildman–Crippen MR) is 154 cm³/mol. The Balaban J connectivity index is 1.51. The number of ether oxygens (including phenoxy) is 1. The van der Waals surface area contributed by atoms with Crippen molar-refractivity contribution in [1.29, 1.82) is 0 Å². The minimum absolute atomic E-state index is 0.00812. The van der Waals surface area contributed by atoms with Crippen molar-refractivity contribution in [2.24, 2.45) is 51.1 Å². The van der Waals surface area contributed by atoms with Crippen molar-refractivity contribution < 1.29 is 40.3 Å². The molecule has 0 aliphatic heterocycles. The van der Waals surface area contributed by atoms with Gasteiger partial charge >= 0.3 is 242 Å². The Labute approximate surface area is 252 Å². The van der Waals surface area contributed by atoms with E-state index in [0.717, 1.165) is 32.1 Å². The number of amides is 1. The third-order valence-electron chi connectivity index (χ3n) is 13.4. The number of rotatable bonds is 6. The van der Waals surface area contributed by atoms with E-state index in [2.05, 4.69) is 48.5 Å². The summed E-state index contributed by atoms with van der Waals surface area (Å²) in [5.74, 6) is 1.62. The van der Waals surface area contributed by atoms with Crippen molar-refractivity contribution >= 4 is 15.7 Å². The summed E-state index contributed by atoms with van der Waals surface area (Å²) in [6, 6.07) is 0. The van der Waals surface area contributed by atoms with Crippen LogP contribution in [0.15, 0.2) is 11.1 Å². The first-order valence-electron chi connectivity index (χ1n) is 15.9. The molecular weight excluding hydrogens is 613 g/mol. The van der Waals surface area contributed by atoms with E-state index >= 15 is 0 Å². The molecule has 5 aliphatic rings. The number of alkyl halides is 1. The van der Waals surface area contributed by atoms with Crippen LogP contribution in [0.2, 0.25) is 0 Å². The Bertz CT molecular complexity index is 1130. The number of allylic oxidation sites excluding steroid dienone is 2. The van der Waals surface area contributed by atoms with Crippen LogP contribution in [0.1, 0.15) is 126 Å². The number of primary amides is 1. The van der Waals surface area contributed by atoms with Crippen molar-refractivity contribution in [3.05, 3.63) is 11.1 Å². The number of hydrogen-bond acceptors (Lipinski definition) is 4. The standard InChI is InChI=1S/C34H53INO4/c1-20(2)22-11-16-34(35-27(38)19-28(36)39)18-17-32(7)23(29(22)34)9-10-25-31(6)14-13-26(40-21(3)37)30(4,5)24(31)12-15-33(25,32)8/h20,23-26H,9-19H2,1-8H3,(H2,36,39)/q-1/t23-,24?,25+,26+,31+,32-,33-,34?/m1/s1. The van der Waals surface area contributed by atoms with E-state index in [-0.39, 0.29) is 47.4 Å². The van der Waals surface area contributed by atoms with E-state index in [0.29, 0.717) is 23.7 Å². The summed E-state index contributed by atoms with van der Waals surface area (Å²) in [7, 11) is 0. The summed E-state index contributed by atoms with van der Waals surface area (Å²) in [6.07, 6.45) is 11.4. The third kappa shape index (κ3) is 4.37. The van der Waals surface area contributed by atoms with E-state index in [1.165, 1.54) is 32.1 Å². The molecule has 0 aromatic rings. The number of esters is 1. The molecule has 5 aliphatic carbocycles. The summed E-state index contributed by atoms with van der Waals surface area (Å²) < 4.78 is 6.08. The Morgan fingerprint density at radius 1 is 0.900 bits per heavy atom. The van der Waals surface area contributed by atoms with Crippen LogP contribution >= 0.6 is 0 Å². The normalized spacial score (nSPS) is 43.9. The van der Waals surface area contributed by atoms with Crippen LogP contribution in [0.3, 0.4) is 0 Å². The summed E-state index contributed by atoms with van der Waals surface area (Å²) in [6.45, 7) is 18.8. The van der Waals surface area contributed by atoms with Crippen LogP contribution in [0, 0.1) is 45.3 Å². The zero-order valence-electron chi connectivity index (χ0n) is 26.3. The number of hydrogen-bond donors (Lipinski definition) is 1. The molecule has 8 atom stereocenters. The van der Waals surface area contributed by atoms with Gasteiger partial charge in [0, 0.05) is 6.92 Å². The van der Waals surface area contributed by atoms with Gasteiger partial charge in [-0.25, -0.2) is 0 Å². The molecule has 2 unspecified atom stereocenters. The van der Waals surface area contributed by atoms with Gasteiger partial charge in [-0.15, -0.1) is 0 Å². The van der Waals surface area contributed by atoms with Crippen molar-refractivity contribution in [3.8, 4) is 0 Å². The zero-order chi connectivity index (χ0) is 29.5. The molecule has 0 radical (unpaired) electrons. The molecule has 0 heterocycles. The molecule has 6 heteroatoms. The molecule has 0 spiro atoms. The molecular formula is C34H53INO4-. The van der Waals surface area contributed by atoms with E-state index < -0.39 is 27.1 Å². The van der Waals surface area contributed by atoms with Crippen LogP contribution in [0.4, 0.5) is 0 Å². The molecule has 0 bridgehead atoms. The minimum atomic E-state index is -0.792. The van der Waals surface area contributed by atoms with Crippen molar-refractivity contribution in [2.75, 3.05) is 0 Å². The van der Waals surface area contributed by atoms with Gasteiger partial charge in [0.25, 0.3) is 0 Å². The Kier molecular flexibility index (Phi) is 7.69. The van der Waals surface area contributed by atoms with Crippen LogP contribution < -0.4 is 26.9 Å². The zero-order valence-corrected chi connectivity index (χ0v) is 28.4. The van der Waals surface area contributed by atoms with Crippen LogP contribution in [0.25, 0.3) is 0 Å². The molecule has 0 aromatic carbocycles. The fourth-order valence-electron chi connectivity index (χ4n) is 11.5. The van der Waals surface area contributed by atoms with Gasteiger partial charge in [0.15, 0.2) is 0 Å². The summed E-state index contributed by atoms with van der Waals surface area (Å²) in [5.41, 5.74) is 9.44. The second-order valence-electron chi connectivity index (χ2n) is 15.7. The molecule has 226 valence electrons. The SMILES string of the molecule is CC(=O)O[C@H]1CC[C@@]2(C)C(CC[C@]3(C)[C@H]2CC[C@@H]2C4=C(C(C)C)CCC4([I-]C(=O)CC(N)=O)CC[C@]23C)C1(C)C. The average molecular weight is 667 g/mol. The first-order chi connectivity index (χ1) is 18.5. The fourth-order valence-corrected chi connectivity index (χ4v) is 15.3. The van der Waals surface area contributed by atoms with Crippen LogP contribution in [-0.2, 0) is 19.1 Å². The van der Waals surface area contributed by atoms with Crippen molar-refractivity contribution in [2.45, 2.75) is 136 Å². The third-order valence-corrected chi connectivity index (χ3v) is 17.1. The number of fused-ring (bicyclic) bond motifs is 7. The molecule has 0 saturated heterocycles. The molecule has 2 N–H and O–H groups in total. The van der Waals surface area contributed by atoms with Gasteiger partial charge in [0.05, 0.1) is 0 Å². The average Bonchev–Trinajstić information content (AvgIpc) is 3.20. The number of halogens is 1. The monoisotopic (exact) mass is 666 g/mol. The van der Waals surface area contributed by atoms with E-state index in [1.807, 2.05) is 0 Å². The van der Waals surface area contributed by atoms with Gasteiger partial charge in [-0.05, 0) is 0 Å². The fraction of sp³-hybridized carbons (Fsp3) is 0.853. The maximum absolute atomic E-state index is 13.1. The first-order valence-corrected chi connectivity index (χ1v) is 18.1. The summed E-state index contributed by atoms with van der Waals surface area (Å²) in [4.78, 5) is 36.7. The van der Waals surface area contributed by atoms with E-state index in [1.54, 1.807) is 18.1 Å². The summed E-state index contributed by atoms with van der Waals surface area (Å²) >= 11 is -0.792. The Morgan fingerprint density at radius 2 is 1.60 bits per heavy atom. The maximum atomic E-state index is 13.1. The predicted octanol–water partition coefficient (Wildman–Crippen LogP) is 3.96. The molecule has 5 rings (SSSR count). The second kappa shape index (κ2) is 10.1. The quantitative estimate of drug-likeness (QED) is 0.116. The van der Waals surface area contributed by atoms with Gasteiger partial charge in [-0.2, -0.15) is 0 Å². The van der Waals surface area contributed by atoms with Crippen LogP contribution in [0.5, 0.6) is 0 Å². The number of nitrogens with two attached hydrogens (primary N) is 1. The molecule has 4 fully saturated rings. The van der Waals surface area contributed by atoms with Gasteiger partial charge in [-0.1, -0.05) is 0 Å². The molecule has 40 heavy (non-hydrogen) atoms. The van der Waals surface area contributed by atoms with Gasteiger partial charge in [0.1, 0.15) is 0 Å². The Hall–Kier alpha value is -0.920. The Morgan fingerprint density at radius 3 is 2.23 bits per heavy atom. The van der Waals surface area contributed by atoms with Crippen LogP contribution in [-0.4, -0.2) is 25.2 Å². The number of carbonyl (C=O) groups is 3. The van der Waals surface area contributed by atoms with E-state index in [4.69, 9.17) is 10.5 Å². The number of carbonyl (C=O) groups excluding carboxylic acids is 3. The van der Waals surface area contributed by atoms with Crippen molar-refractivity contribution in [1.82, 2.24) is 0 Å². The van der Waals surface area contributed by atoms with Gasteiger partial charge in [0.2, 0.25) is 0 Å². The van der Waals surface area contributed by atoms with E-state index in [9.17, 15) is 14.4 Å². The molecule has 4 saturated carbocycles. The second-order valence-corrected chi connectivity index (χ2v) is 19.5. The molecule has 5 nitrogen and oxygen atoms in total. The van der Waals surface area contributed by atoms with Gasteiger partial charge in [-0.3, -0.25) is 4.79 Å². The van der Waals surface area contributed by atoms with Crippen molar-refractivity contribution in [3.63, 3.8) is 0 Å². The summed E-state index contributed by atoms with van der Waals surface area (Å²) in [5, 5.41) is 0. The van der Waals surface area contributed by atoms with Gasteiger partial charge < -0.3 is 0 Å². The topological polar surface area (TPSA) is 86.5 Å². The molecule has 0 aromatic heterocycles. The first kappa shape index (κ1) is 30.5.